The number of amides is 2. The number of rotatable bonds is 3. The number of ether oxygens (including phenoxy) is 1. The molecule has 1 atom stereocenters. The van der Waals surface area contributed by atoms with Crippen molar-refractivity contribution in [1.82, 2.24) is 10.2 Å². The van der Waals surface area contributed by atoms with E-state index >= 15 is 0 Å². The highest BCUT2D eigenvalue weighted by Gasteiger charge is 2.45. The number of hydrogen-bond donors (Lipinski definition) is 1. The average Bonchev–Trinajstić information content (AvgIpc) is 2.52. The summed E-state index contributed by atoms with van der Waals surface area (Å²) >= 11 is 0. The van der Waals surface area contributed by atoms with Gasteiger partial charge in [-0.05, 0) is 19.8 Å². The summed E-state index contributed by atoms with van der Waals surface area (Å²) in [7, 11) is 1.65. The van der Waals surface area contributed by atoms with Crippen LogP contribution < -0.4 is 5.32 Å². The maximum absolute atomic E-state index is 12.8. The molecule has 0 bridgehead atoms. The lowest BCUT2D eigenvalue weighted by molar-refractivity contribution is -0.141. The highest BCUT2D eigenvalue weighted by atomic mass is 16.5. The summed E-state index contributed by atoms with van der Waals surface area (Å²) < 4.78 is 5.25. The van der Waals surface area contributed by atoms with Crippen LogP contribution >= 0.6 is 0 Å². The first-order valence-corrected chi connectivity index (χ1v) is 7.20. The molecule has 1 aliphatic carbocycles. The first kappa shape index (κ1) is 14.3. The molecule has 0 radical (unpaired) electrons. The van der Waals surface area contributed by atoms with Crippen molar-refractivity contribution >= 4 is 11.8 Å². The molecule has 1 heterocycles. The van der Waals surface area contributed by atoms with E-state index in [2.05, 4.69) is 5.32 Å². The standard InChI is InChI=1S/C14H24N2O3/c1-11(19-2)10-16-9-6-12(17)15-14(13(16)18)7-4-3-5-8-14/h11H,3-10H2,1-2H3,(H,15,17). The fraction of sp³-hybridized carbons (Fsp3) is 0.857. The quantitative estimate of drug-likeness (QED) is 0.833. The van der Waals surface area contributed by atoms with E-state index in [0.29, 0.717) is 19.5 Å². The zero-order valence-corrected chi connectivity index (χ0v) is 11.9. The second-order valence-corrected chi connectivity index (χ2v) is 5.74. The zero-order valence-electron chi connectivity index (χ0n) is 11.9. The van der Waals surface area contributed by atoms with E-state index in [-0.39, 0.29) is 17.9 Å². The van der Waals surface area contributed by atoms with Gasteiger partial charge in [-0.1, -0.05) is 19.3 Å². The molecule has 1 unspecified atom stereocenters. The number of nitrogens with one attached hydrogen (secondary N) is 1. The molecule has 1 N–H and O–H groups in total. The monoisotopic (exact) mass is 268 g/mol. The van der Waals surface area contributed by atoms with Crippen LogP contribution in [0.2, 0.25) is 0 Å². The Morgan fingerprint density at radius 2 is 2.00 bits per heavy atom. The maximum atomic E-state index is 12.8. The van der Waals surface area contributed by atoms with E-state index in [1.807, 2.05) is 6.92 Å². The Morgan fingerprint density at radius 3 is 2.63 bits per heavy atom. The Hall–Kier alpha value is -1.10. The van der Waals surface area contributed by atoms with Gasteiger partial charge in [0.2, 0.25) is 11.8 Å². The van der Waals surface area contributed by atoms with Crippen molar-refractivity contribution in [3.63, 3.8) is 0 Å². The molecule has 1 spiro atoms. The minimum Gasteiger partial charge on any atom is -0.380 e. The topological polar surface area (TPSA) is 58.6 Å². The molecule has 0 aromatic carbocycles. The molecule has 2 aliphatic rings. The molecule has 2 rings (SSSR count). The third kappa shape index (κ3) is 3.08. The van der Waals surface area contributed by atoms with Crippen LogP contribution in [0.15, 0.2) is 0 Å². The second-order valence-electron chi connectivity index (χ2n) is 5.74. The maximum Gasteiger partial charge on any atom is 0.248 e. The largest absolute Gasteiger partial charge is 0.380 e. The molecule has 1 saturated carbocycles. The Bertz CT molecular complexity index is 351. The van der Waals surface area contributed by atoms with E-state index in [4.69, 9.17) is 4.74 Å². The van der Waals surface area contributed by atoms with Gasteiger partial charge in [0.1, 0.15) is 5.54 Å². The Morgan fingerprint density at radius 1 is 1.32 bits per heavy atom. The first-order valence-electron chi connectivity index (χ1n) is 7.20. The molecule has 2 fully saturated rings. The van der Waals surface area contributed by atoms with Crippen molar-refractivity contribution in [3.05, 3.63) is 0 Å². The van der Waals surface area contributed by atoms with Crippen molar-refractivity contribution < 1.29 is 14.3 Å². The van der Waals surface area contributed by atoms with Crippen LogP contribution in [0.25, 0.3) is 0 Å². The first-order chi connectivity index (χ1) is 9.07. The lowest BCUT2D eigenvalue weighted by atomic mass is 9.80. The number of methoxy groups -OCH3 is 1. The molecule has 0 aromatic heterocycles. The molecule has 1 saturated heterocycles. The van der Waals surface area contributed by atoms with Crippen molar-refractivity contribution in [3.8, 4) is 0 Å². The smallest absolute Gasteiger partial charge is 0.248 e. The normalized spacial score (nSPS) is 25.1. The minimum absolute atomic E-state index is 0.00204. The number of hydrogen-bond acceptors (Lipinski definition) is 3. The van der Waals surface area contributed by atoms with E-state index in [1.165, 1.54) is 0 Å². The van der Waals surface area contributed by atoms with Crippen LogP contribution in [0.4, 0.5) is 0 Å². The molecular formula is C14H24N2O3. The van der Waals surface area contributed by atoms with Crippen LogP contribution in [0.3, 0.4) is 0 Å². The summed E-state index contributed by atoms with van der Waals surface area (Å²) in [6.07, 6.45) is 5.12. The number of nitrogens with zero attached hydrogens (tertiary/aromatic N) is 1. The summed E-state index contributed by atoms with van der Waals surface area (Å²) in [5, 5.41) is 2.99. The lowest BCUT2D eigenvalue weighted by Crippen LogP contribution is -2.58. The van der Waals surface area contributed by atoms with Crippen molar-refractivity contribution in [2.45, 2.75) is 57.1 Å². The van der Waals surface area contributed by atoms with Crippen molar-refractivity contribution in [2.24, 2.45) is 0 Å². The fourth-order valence-corrected chi connectivity index (χ4v) is 3.08. The molecule has 1 aliphatic heterocycles. The highest BCUT2D eigenvalue weighted by Crippen LogP contribution is 2.31. The summed E-state index contributed by atoms with van der Waals surface area (Å²) in [6.45, 7) is 3.01. The van der Waals surface area contributed by atoms with Gasteiger partial charge in [0.25, 0.3) is 0 Å². The second kappa shape index (κ2) is 5.90. The Labute approximate surface area is 114 Å². The highest BCUT2D eigenvalue weighted by molar-refractivity contribution is 5.93. The summed E-state index contributed by atoms with van der Waals surface area (Å²) in [6, 6.07) is 0. The predicted molar refractivity (Wildman–Crippen MR) is 71.6 cm³/mol. The van der Waals surface area contributed by atoms with E-state index in [9.17, 15) is 9.59 Å². The van der Waals surface area contributed by atoms with Gasteiger partial charge >= 0.3 is 0 Å². The van der Waals surface area contributed by atoms with Crippen LogP contribution in [0.5, 0.6) is 0 Å². The minimum atomic E-state index is -0.640. The third-order valence-corrected chi connectivity index (χ3v) is 4.27. The van der Waals surface area contributed by atoms with Crippen LogP contribution in [-0.2, 0) is 14.3 Å². The van der Waals surface area contributed by atoms with Gasteiger partial charge < -0.3 is 15.0 Å². The lowest BCUT2D eigenvalue weighted by Gasteiger charge is -2.38. The van der Waals surface area contributed by atoms with Crippen LogP contribution in [0, 0.1) is 0 Å². The molecule has 5 nitrogen and oxygen atoms in total. The van der Waals surface area contributed by atoms with Gasteiger partial charge in [-0.25, -0.2) is 0 Å². The number of carbonyl (C=O) groups excluding carboxylic acids is 2. The van der Waals surface area contributed by atoms with Gasteiger partial charge in [0.05, 0.1) is 6.10 Å². The number of carbonyl (C=O) groups is 2. The molecule has 108 valence electrons. The molecule has 19 heavy (non-hydrogen) atoms. The van der Waals surface area contributed by atoms with Crippen molar-refractivity contribution in [2.75, 3.05) is 20.2 Å². The van der Waals surface area contributed by atoms with Gasteiger partial charge in [-0.2, -0.15) is 0 Å². The average molecular weight is 268 g/mol. The molecule has 0 aromatic rings. The predicted octanol–water partition coefficient (Wildman–Crippen LogP) is 1.07. The summed E-state index contributed by atoms with van der Waals surface area (Å²) in [5.41, 5.74) is -0.640. The fourth-order valence-electron chi connectivity index (χ4n) is 3.08. The Balaban J connectivity index is 2.17. The zero-order chi connectivity index (χ0) is 13.9. The molecular weight excluding hydrogens is 244 g/mol. The molecule has 5 heteroatoms. The van der Waals surface area contributed by atoms with E-state index in [1.54, 1.807) is 12.0 Å². The van der Waals surface area contributed by atoms with Crippen LogP contribution in [0.1, 0.15) is 45.4 Å². The van der Waals surface area contributed by atoms with Gasteiger partial charge in [-0.3, -0.25) is 9.59 Å². The third-order valence-electron chi connectivity index (χ3n) is 4.27. The van der Waals surface area contributed by atoms with Crippen LogP contribution in [-0.4, -0.2) is 48.6 Å². The van der Waals surface area contributed by atoms with Gasteiger partial charge in [-0.15, -0.1) is 0 Å². The van der Waals surface area contributed by atoms with Gasteiger partial charge in [0.15, 0.2) is 0 Å². The Kier molecular flexibility index (Phi) is 4.45. The van der Waals surface area contributed by atoms with E-state index < -0.39 is 5.54 Å². The van der Waals surface area contributed by atoms with E-state index in [0.717, 1.165) is 32.1 Å². The van der Waals surface area contributed by atoms with Crippen molar-refractivity contribution in [1.29, 1.82) is 0 Å². The molecule has 2 amide bonds. The van der Waals surface area contributed by atoms with Gasteiger partial charge in [0, 0.05) is 26.6 Å². The summed E-state index contributed by atoms with van der Waals surface area (Å²) in [4.78, 5) is 26.5. The summed E-state index contributed by atoms with van der Waals surface area (Å²) in [5.74, 6) is 0.0877. The SMILES string of the molecule is COC(C)CN1CCC(=O)NC2(CCCCC2)C1=O.